The van der Waals surface area contributed by atoms with Crippen LogP contribution in [0.5, 0.6) is 5.75 Å². The van der Waals surface area contributed by atoms with E-state index in [9.17, 15) is 4.79 Å². The predicted molar refractivity (Wildman–Crippen MR) is 101 cm³/mol. The van der Waals surface area contributed by atoms with E-state index in [1.54, 1.807) is 29.4 Å². The Morgan fingerprint density at radius 2 is 1.96 bits per heavy atom. The smallest absolute Gasteiger partial charge is 0.317 e. The highest BCUT2D eigenvalue weighted by Crippen LogP contribution is 2.24. The van der Waals surface area contributed by atoms with E-state index in [1.165, 1.54) is 0 Å². The first-order valence-corrected chi connectivity index (χ1v) is 8.95. The Morgan fingerprint density at radius 3 is 2.69 bits per heavy atom. The Kier molecular flexibility index (Phi) is 6.12. The van der Waals surface area contributed by atoms with Crippen molar-refractivity contribution in [3.8, 4) is 5.75 Å². The molecule has 3 rings (SSSR count). The Hall–Kier alpha value is -2.54. The molecule has 1 aromatic carbocycles. The summed E-state index contributed by atoms with van der Waals surface area (Å²) in [7, 11) is 0. The molecule has 2 heterocycles. The van der Waals surface area contributed by atoms with Crippen LogP contribution < -0.4 is 15.0 Å². The lowest BCUT2D eigenvalue weighted by molar-refractivity contribution is 0.191. The zero-order chi connectivity index (χ0) is 18.4. The summed E-state index contributed by atoms with van der Waals surface area (Å²) < 4.78 is 5.64. The first-order valence-electron chi connectivity index (χ1n) is 8.57. The van der Waals surface area contributed by atoms with Gasteiger partial charge >= 0.3 is 6.03 Å². The molecule has 0 atom stereocenters. The summed E-state index contributed by atoms with van der Waals surface area (Å²) in [5.74, 6) is 1.34. The zero-order valence-corrected chi connectivity index (χ0v) is 15.4. The Morgan fingerprint density at radius 1 is 1.23 bits per heavy atom. The van der Waals surface area contributed by atoms with Gasteiger partial charge in [0.1, 0.15) is 12.4 Å². The summed E-state index contributed by atoms with van der Waals surface area (Å²) in [6, 6.07) is 7.32. The number of ether oxygens (including phenoxy) is 1. The standard InChI is InChI=1S/C18H22ClN5O2/c1-14-3-4-15(19)16(13-14)26-12-7-22-18(25)24-10-8-23(9-11-24)17-20-5-2-6-21-17/h2-6,13H,7-12H2,1H3,(H,22,25). The van der Waals surface area contributed by atoms with E-state index < -0.39 is 0 Å². The number of hydrogen-bond acceptors (Lipinski definition) is 5. The van der Waals surface area contributed by atoms with Crippen molar-refractivity contribution in [1.82, 2.24) is 20.2 Å². The van der Waals surface area contributed by atoms with Gasteiger partial charge in [0, 0.05) is 38.6 Å². The van der Waals surface area contributed by atoms with Crippen LogP contribution in [-0.4, -0.2) is 60.2 Å². The van der Waals surface area contributed by atoms with Crippen LogP contribution in [0.2, 0.25) is 5.02 Å². The monoisotopic (exact) mass is 375 g/mol. The van der Waals surface area contributed by atoms with Gasteiger partial charge in [-0.3, -0.25) is 0 Å². The Labute approximate surface area is 157 Å². The molecule has 1 aromatic heterocycles. The van der Waals surface area contributed by atoms with Gasteiger partial charge in [0.15, 0.2) is 0 Å². The number of carbonyl (C=O) groups is 1. The van der Waals surface area contributed by atoms with E-state index in [2.05, 4.69) is 20.2 Å². The number of piperazine rings is 1. The molecule has 0 radical (unpaired) electrons. The number of aromatic nitrogens is 2. The van der Waals surface area contributed by atoms with Crippen LogP contribution in [0.3, 0.4) is 0 Å². The second-order valence-corrected chi connectivity index (χ2v) is 6.44. The number of urea groups is 1. The molecule has 2 amide bonds. The first-order chi connectivity index (χ1) is 12.6. The molecule has 0 bridgehead atoms. The second-order valence-electron chi connectivity index (χ2n) is 6.04. The minimum Gasteiger partial charge on any atom is -0.490 e. The first kappa shape index (κ1) is 18.3. The molecule has 0 unspecified atom stereocenters. The number of rotatable bonds is 5. The molecule has 1 aliphatic rings. The number of nitrogens with one attached hydrogen (secondary N) is 1. The van der Waals surface area contributed by atoms with Crippen LogP contribution in [0.1, 0.15) is 5.56 Å². The van der Waals surface area contributed by atoms with Crippen LogP contribution in [0.4, 0.5) is 10.7 Å². The van der Waals surface area contributed by atoms with Gasteiger partial charge in [0.25, 0.3) is 0 Å². The van der Waals surface area contributed by atoms with Gasteiger partial charge in [-0.2, -0.15) is 0 Å². The van der Waals surface area contributed by atoms with Crippen molar-refractivity contribution in [1.29, 1.82) is 0 Å². The number of nitrogens with zero attached hydrogens (tertiary/aromatic N) is 4. The van der Waals surface area contributed by atoms with Crippen molar-refractivity contribution < 1.29 is 9.53 Å². The maximum Gasteiger partial charge on any atom is 0.317 e. The largest absolute Gasteiger partial charge is 0.490 e. The lowest BCUT2D eigenvalue weighted by Crippen LogP contribution is -2.52. The fourth-order valence-corrected chi connectivity index (χ4v) is 2.89. The molecule has 0 aliphatic carbocycles. The molecule has 1 aliphatic heterocycles. The van der Waals surface area contributed by atoms with E-state index >= 15 is 0 Å². The molecule has 0 saturated carbocycles. The number of aryl methyl sites for hydroxylation is 1. The highest BCUT2D eigenvalue weighted by molar-refractivity contribution is 6.32. The van der Waals surface area contributed by atoms with Gasteiger partial charge in [0.05, 0.1) is 11.6 Å². The Balaban J connectivity index is 1.39. The number of benzene rings is 1. The second kappa shape index (κ2) is 8.71. The lowest BCUT2D eigenvalue weighted by atomic mass is 10.2. The summed E-state index contributed by atoms with van der Waals surface area (Å²) in [5, 5.41) is 3.45. The third kappa shape index (κ3) is 4.76. The highest BCUT2D eigenvalue weighted by atomic mass is 35.5. The minimum atomic E-state index is -0.0856. The quantitative estimate of drug-likeness (QED) is 0.812. The van der Waals surface area contributed by atoms with Crippen molar-refractivity contribution in [2.24, 2.45) is 0 Å². The van der Waals surface area contributed by atoms with Crippen molar-refractivity contribution >= 4 is 23.6 Å². The summed E-state index contributed by atoms with van der Waals surface area (Å²) >= 11 is 6.09. The number of halogens is 1. The summed E-state index contributed by atoms with van der Waals surface area (Å²) in [4.78, 5) is 24.6. The normalized spacial score (nSPS) is 14.2. The third-order valence-electron chi connectivity index (χ3n) is 4.12. The number of amides is 2. The fraction of sp³-hybridized carbons (Fsp3) is 0.389. The molecule has 138 valence electrons. The van der Waals surface area contributed by atoms with Gasteiger partial charge in [0.2, 0.25) is 5.95 Å². The molecule has 7 nitrogen and oxygen atoms in total. The SMILES string of the molecule is Cc1ccc(Cl)c(OCCNC(=O)N2CCN(c3ncccn3)CC2)c1. The van der Waals surface area contributed by atoms with Crippen molar-refractivity contribution in [2.45, 2.75) is 6.92 Å². The topological polar surface area (TPSA) is 70.6 Å². The van der Waals surface area contributed by atoms with Crippen LogP contribution in [0.15, 0.2) is 36.7 Å². The van der Waals surface area contributed by atoms with Gasteiger partial charge in [-0.05, 0) is 30.7 Å². The van der Waals surface area contributed by atoms with E-state index in [1.807, 2.05) is 19.1 Å². The summed E-state index contributed by atoms with van der Waals surface area (Å²) in [6.07, 6.45) is 3.45. The highest BCUT2D eigenvalue weighted by Gasteiger charge is 2.22. The van der Waals surface area contributed by atoms with Crippen LogP contribution in [0.25, 0.3) is 0 Å². The molecule has 2 aromatic rings. The molecule has 8 heteroatoms. The molecule has 1 fully saturated rings. The average Bonchev–Trinajstić information content (AvgIpc) is 2.68. The molecule has 0 spiro atoms. The fourth-order valence-electron chi connectivity index (χ4n) is 2.72. The van der Waals surface area contributed by atoms with Gasteiger partial charge < -0.3 is 19.9 Å². The molecule has 1 saturated heterocycles. The summed E-state index contributed by atoms with van der Waals surface area (Å²) in [6.45, 7) is 5.46. The summed E-state index contributed by atoms with van der Waals surface area (Å²) in [5.41, 5.74) is 1.08. The number of carbonyl (C=O) groups excluding carboxylic acids is 1. The lowest BCUT2D eigenvalue weighted by Gasteiger charge is -2.34. The van der Waals surface area contributed by atoms with Gasteiger partial charge in [-0.25, -0.2) is 14.8 Å². The Bertz CT molecular complexity index is 736. The molecular formula is C18H22ClN5O2. The van der Waals surface area contributed by atoms with Crippen molar-refractivity contribution in [3.05, 3.63) is 47.2 Å². The predicted octanol–water partition coefficient (Wildman–Crippen LogP) is 2.35. The molecule has 26 heavy (non-hydrogen) atoms. The van der Waals surface area contributed by atoms with Crippen LogP contribution in [0, 0.1) is 6.92 Å². The maximum atomic E-state index is 12.3. The third-order valence-corrected chi connectivity index (χ3v) is 4.44. The number of hydrogen-bond donors (Lipinski definition) is 1. The van der Waals surface area contributed by atoms with Crippen LogP contribution >= 0.6 is 11.6 Å². The van der Waals surface area contributed by atoms with E-state index in [4.69, 9.17) is 16.3 Å². The zero-order valence-electron chi connectivity index (χ0n) is 14.7. The maximum absolute atomic E-state index is 12.3. The van der Waals surface area contributed by atoms with E-state index in [-0.39, 0.29) is 6.03 Å². The van der Waals surface area contributed by atoms with Crippen molar-refractivity contribution in [3.63, 3.8) is 0 Å². The van der Waals surface area contributed by atoms with E-state index in [0.717, 1.165) is 5.56 Å². The van der Waals surface area contributed by atoms with Gasteiger partial charge in [-0.15, -0.1) is 0 Å². The minimum absolute atomic E-state index is 0.0856. The number of anilines is 1. The average molecular weight is 376 g/mol. The van der Waals surface area contributed by atoms with Gasteiger partial charge in [-0.1, -0.05) is 17.7 Å². The molecular weight excluding hydrogens is 354 g/mol. The van der Waals surface area contributed by atoms with Crippen molar-refractivity contribution in [2.75, 3.05) is 44.2 Å². The van der Waals surface area contributed by atoms with Crippen LogP contribution in [-0.2, 0) is 0 Å². The molecule has 1 N–H and O–H groups in total. The van der Waals surface area contributed by atoms with E-state index in [0.29, 0.717) is 56.1 Å².